The molecule has 24 heavy (non-hydrogen) atoms. The zero-order valence-electron chi connectivity index (χ0n) is 14.8. The van der Waals surface area contributed by atoms with Crippen LogP contribution in [-0.2, 0) is 18.6 Å². The first-order valence-electron chi connectivity index (χ1n) is 8.87. The summed E-state index contributed by atoms with van der Waals surface area (Å²) in [7, 11) is 1.61. The van der Waals surface area contributed by atoms with E-state index in [0.717, 1.165) is 5.56 Å². The van der Waals surface area contributed by atoms with Gasteiger partial charge in [0.25, 0.3) is 5.66 Å². The largest absolute Gasteiger partial charge is 0.310 e. The van der Waals surface area contributed by atoms with Gasteiger partial charge in [0.1, 0.15) is 0 Å². The second-order valence-corrected chi connectivity index (χ2v) is 7.51. The maximum absolute atomic E-state index is 14.1. The lowest BCUT2D eigenvalue weighted by atomic mass is 9.80. The molecule has 0 saturated heterocycles. The molecule has 0 heterocycles. The summed E-state index contributed by atoms with van der Waals surface area (Å²) < 4.78 is 28.1. The van der Waals surface area contributed by atoms with Gasteiger partial charge in [-0.1, -0.05) is 29.5 Å². The smallest absolute Gasteiger partial charge is 0.284 e. The van der Waals surface area contributed by atoms with Crippen molar-refractivity contribution in [3.05, 3.63) is 34.4 Å². The third kappa shape index (κ3) is 4.40. The number of carbonyl (C=O) groups is 1. The van der Waals surface area contributed by atoms with E-state index in [9.17, 15) is 13.6 Å². The molecule has 2 unspecified atom stereocenters. The van der Waals surface area contributed by atoms with Crippen LogP contribution in [0.25, 0.3) is 0 Å². The van der Waals surface area contributed by atoms with E-state index in [0.29, 0.717) is 42.5 Å². The van der Waals surface area contributed by atoms with Crippen molar-refractivity contribution >= 4 is 15.0 Å². The molecular weight excluding hydrogens is 327 g/mol. The lowest BCUT2D eigenvalue weighted by molar-refractivity contribution is 0.0978. The van der Waals surface area contributed by atoms with Crippen molar-refractivity contribution in [1.82, 2.24) is 5.32 Å². The number of nitrogens with one attached hydrogen (secondary N) is 1. The summed E-state index contributed by atoms with van der Waals surface area (Å²) in [6.45, 7) is 6.25. The molecule has 0 spiro atoms. The monoisotopic (exact) mass is 355 g/mol. The first-order valence-corrected chi connectivity index (χ1v) is 9.45. The van der Waals surface area contributed by atoms with Gasteiger partial charge in [0, 0.05) is 30.1 Å². The molecule has 0 aliphatic heterocycles. The van der Waals surface area contributed by atoms with Gasteiger partial charge in [-0.25, -0.2) is 0 Å². The van der Waals surface area contributed by atoms with E-state index in [-0.39, 0.29) is 11.3 Å². The molecule has 1 aliphatic rings. The van der Waals surface area contributed by atoms with Gasteiger partial charge in [-0.3, -0.25) is 4.79 Å². The highest BCUT2D eigenvalue weighted by molar-refractivity contribution is 7.17. The summed E-state index contributed by atoms with van der Waals surface area (Å²) in [6, 6.07) is 3.72. The minimum absolute atomic E-state index is 0.0394. The van der Waals surface area contributed by atoms with E-state index in [4.69, 9.17) is 0 Å². The summed E-state index contributed by atoms with van der Waals surface area (Å²) in [5.41, 5.74) is -1.39. The van der Waals surface area contributed by atoms with Gasteiger partial charge in [-0.2, -0.15) is 8.78 Å². The number of hydrogen-bond acceptors (Lipinski definition) is 2. The molecule has 0 amide bonds. The first kappa shape index (κ1) is 19.5. The molecule has 134 valence electrons. The fourth-order valence-electron chi connectivity index (χ4n) is 3.34. The lowest BCUT2D eigenvalue weighted by Gasteiger charge is -2.32. The lowest BCUT2D eigenvalue weighted by Crippen LogP contribution is -2.36. The van der Waals surface area contributed by atoms with Gasteiger partial charge in [-0.05, 0) is 55.4 Å². The van der Waals surface area contributed by atoms with Crippen LogP contribution in [0.1, 0.15) is 73.5 Å². The average Bonchev–Trinajstić information content (AvgIpc) is 2.48. The van der Waals surface area contributed by atoms with E-state index in [1.807, 2.05) is 6.92 Å². The van der Waals surface area contributed by atoms with Crippen molar-refractivity contribution < 1.29 is 13.6 Å². The number of Topliss-reactive ketones (excluding diaryl/α,β-unsaturated/α-hetero) is 1. The Labute approximate surface area is 146 Å². The summed E-state index contributed by atoms with van der Waals surface area (Å²) in [5, 5.41) is 3.44. The van der Waals surface area contributed by atoms with Gasteiger partial charge in [0.15, 0.2) is 5.78 Å². The minimum atomic E-state index is -3.02. The third-order valence-electron chi connectivity index (χ3n) is 5.13. The molecule has 0 radical (unpaired) electrons. The van der Waals surface area contributed by atoms with Gasteiger partial charge in [0.05, 0.1) is 0 Å². The number of halogens is 2. The Balaban J connectivity index is 2.31. The highest BCUT2D eigenvalue weighted by Gasteiger charge is 2.30. The molecule has 2 atom stereocenters. The topological polar surface area (TPSA) is 29.1 Å². The summed E-state index contributed by atoms with van der Waals surface area (Å²) in [6.07, 6.45) is 4.49. The normalized spacial score (nSPS) is 16.8. The molecule has 0 aromatic heterocycles. The molecule has 1 aliphatic carbocycles. The number of hydrogen-bond donors (Lipinski definition) is 1. The highest BCUT2D eigenvalue weighted by Crippen LogP contribution is 2.39. The average molecular weight is 355 g/mol. The molecule has 1 fully saturated rings. The van der Waals surface area contributed by atoms with Crippen LogP contribution in [0.5, 0.6) is 0 Å². The SMILES string of the molecule is CCC(=O)c1cc(CNC(C)C2CCC2)cc(C(F)(F)P)c1CC. The molecule has 2 rings (SSSR count). The van der Waals surface area contributed by atoms with Crippen molar-refractivity contribution in [2.24, 2.45) is 5.92 Å². The Hall–Kier alpha value is -0.860. The number of carbonyl (C=O) groups excluding carboxylic acids is 1. The fourth-order valence-corrected chi connectivity index (χ4v) is 3.59. The highest BCUT2D eigenvalue weighted by atomic mass is 31.0. The maximum Gasteiger partial charge on any atom is 0.284 e. The van der Waals surface area contributed by atoms with Gasteiger partial charge < -0.3 is 5.32 Å². The maximum atomic E-state index is 14.1. The van der Waals surface area contributed by atoms with Crippen LogP contribution in [0.3, 0.4) is 0 Å². The third-order valence-corrected chi connectivity index (χ3v) is 5.44. The van der Waals surface area contributed by atoms with Crippen molar-refractivity contribution in [2.75, 3.05) is 0 Å². The quantitative estimate of drug-likeness (QED) is 0.523. The van der Waals surface area contributed by atoms with Crippen LogP contribution < -0.4 is 5.32 Å². The molecule has 1 saturated carbocycles. The van der Waals surface area contributed by atoms with Crippen LogP contribution in [0.2, 0.25) is 0 Å². The predicted octanol–water partition coefficient (Wildman–Crippen LogP) is 5.04. The number of ketones is 1. The van der Waals surface area contributed by atoms with E-state index in [1.54, 1.807) is 28.3 Å². The van der Waals surface area contributed by atoms with Crippen molar-refractivity contribution in [1.29, 1.82) is 0 Å². The number of benzene rings is 1. The molecule has 0 bridgehead atoms. The molecular formula is C19H28F2NOP. The zero-order valence-corrected chi connectivity index (χ0v) is 15.9. The van der Waals surface area contributed by atoms with Crippen molar-refractivity contribution in [3.63, 3.8) is 0 Å². The fraction of sp³-hybridized carbons (Fsp3) is 0.632. The van der Waals surface area contributed by atoms with E-state index in [1.165, 1.54) is 19.3 Å². The van der Waals surface area contributed by atoms with Crippen LogP contribution >= 0.6 is 9.24 Å². The van der Waals surface area contributed by atoms with Crippen LogP contribution in [0.4, 0.5) is 8.78 Å². The molecule has 1 N–H and O–H groups in total. The Morgan fingerprint density at radius 2 is 2.04 bits per heavy atom. The Morgan fingerprint density at radius 3 is 2.50 bits per heavy atom. The van der Waals surface area contributed by atoms with Crippen LogP contribution in [-0.4, -0.2) is 11.8 Å². The Morgan fingerprint density at radius 1 is 1.38 bits per heavy atom. The first-order chi connectivity index (χ1) is 11.3. The Kier molecular flexibility index (Phi) is 6.50. The van der Waals surface area contributed by atoms with Gasteiger partial charge >= 0.3 is 0 Å². The van der Waals surface area contributed by atoms with Crippen molar-refractivity contribution in [3.8, 4) is 0 Å². The second-order valence-electron chi connectivity index (χ2n) is 6.78. The van der Waals surface area contributed by atoms with Crippen LogP contribution in [0.15, 0.2) is 12.1 Å². The van der Waals surface area contributed by atoms with Gasteiger partial charge in [0.2, 0.25) is 0 Å². The minimum Gasteiger partial charge on any atom is -0.310 e. The van der Waals surface area contributed by atoms with E-state index < -0.39 is 5.66 Å². The summed E-state index contributed by atoms with van der Waals surface area (Å²) >= 11 is 0. The number of alkyl halides is 2. The standard InChI is InChI=1S/C19H28F2NOP/c1-4-15-16(18(23)5-2)9-13(10-17(15)19(20,21)24)11-22-12(3)14-7-6-8-14/h9-10,12,14,22H,4-8,11,24H2,1-3H3. The summed E-state index contributed by atoms with van der Waals surface area (Å²) in [5.74, 6) is 0.607. The summed E-state index contributed by atoms with van der Waals surface area (Å²) in [4.78, 5) is 12.3. The molecule has 1 aromatic carbocycles. The molecule has 1 aromatic rings. The molecule has 5 heteroatoms. The van der Waals surface area contributed by atoms with E-state index in [2.05, 4.69) is 12.2 Å². The van der Waals surface area contributed by atoms with Gasteiger partial charge in [-0.15, -0.1) is 0 Å². The molecule has 2 nitrogen and oxygen atoms in total. The Bertz CT molecular complexity index is 594. The van der Waals surface area contributed by atoms with Crippen LogP contribution in [0, 0.1) is 5.92 Å². The van der Waals surface area contributed by atoms with E-state index >= 15 is 0 Å². The zero-order chi connectivity index (χ0) is 17.9. The number of rotatable bonds is 8. The predicted molar refractivity (Wildman–Crippen MR) is 97.7 cm³/mol. The second kappa shape index (κ2) is 8.01. The van der Waals surface area contributed by atoms with Crippen molar-refractivity contribution in [2.45, 2.75) is 71.1 Å².